The van der Waals surface area contributed by atoms with E-state index in [1.54, 1.807) is 34.1 Å². The van der Waals surface area contributed by atoms with Crippen LogP contribution in [0.4, 0.5) is 0 Å². The molecule has 3 heterocycles. The molecule has 3 rings (SSSR count). The van der Waals surface area contributed by atoms with Crippen molar-refractivity contribution >= 4 is 11.6 Å². The Bertz CT molecular complexity index is 558. The van der Waals surface area contributed by atoms with Gasteiger partial charge in [-0.15, -0.1) is 0 Å². The average Bonchev–Trinajstić information content (AvgIpc) is 2.65. The second kappa shape index (κ2) is 4.73. The summed E-state index contributed by atoms with van der Waals surface area (Å²) >= 11 is 0. The monoisotopic (exact) mass is 246 g/mol. The molecular weight excluding hydrogens is 232 g/mol. The van der Waals surface area contributed by atoms with E-state index in [0.717, 1.165) is 19.6 Å². The highest BCUT2D eigenvalue weighted by Gasteiger charge is 2.21. The summed E-state index contributed by atoms with van der Waals surface area (Å²) in [5.74, 6) is -0.0193. The fraction of sp³-hybridized carbons (Fsp3) is 0.417. The topological polar surface area (TPSA) is 59.7 Å². The van der Waals surface area contributed by atoms with Crippen LogP contribution < -0.4 is 0 Å². The van der Waals surface area contributed by atoms with Crippen LogP contribution in [0.2, 0.25) is 0 Å². The molecule has 0 spiro atoms. The third kappa shape index (κ3) is 1.95. The molecule has 0 saturated carbocycles. The van der Waals surface area contributed by atoms with Gasteiger partial charge in [0.1, 0.15) is 5.56 Å². The molecule has 2 aromatic rings. The molecule has 0 aromatic carbocycles. The highest BCUT2D eigenvalue weighted by atomic mass is 16.5. The summed E-state index contributed by atoms with van der Waals surface area (Å²) in [4.78, 5) is 18.4. The molecule has 1 aliphatic heterocycles. The summed E-state index contributed by atoms with van der Waals surface area (Å²) in [6.07, 6.45) is 5.90. The summed E-state index contributed by atoms with van der Waals surface area (Å²) in [6.45, 7) is 2.67. The number of aromatic nitrogens is 3. The lowest BCUT2D eigenvalue weighted by Crippen LogP contribution is -2.33. The van der Waals surface area contributed by atoms with Crippen molar-refractivity contribution in [3.63, 3.8) is 0 Å². The van der Waals surface area contributed by atoms with E-state index in [1.807, 2.05) is 0 Å². The minimum absolute atomic E-state index is 0.0193. The zero-order valence-electron chi connectivity index (χ0n) is 9.95. The van der Waals surface area contributed by atoms with Crippen LogP contribution >= 0.6 is 0 Å². The van der Waals surface area contributed by atoms with Gasteiger partial charge in [-0.3, -0.25) is 4.79 Å². The van der Waals surface area contributed by atoms with Gasteiger partial charge in [-0.25, -0.2) is 9.50 Å². The molecule has 0 radical (unpaired) electrons. The smallest absolute Gasteiger partial charge is 0.259 e. The predicted octanol–water partition coefficient (Wildman–Crippen LogP) is 0.592. The van der Waals surface area contributed by atoms with E-state index in [4.69, 9.17) is 4.74 Å². The Morgan fingerprint density at radius 1 is 1.33 bits per heavy atom. The first-order valence-corrected chi connectivity index (χ1v) is 6.01. The van der Waals surface area contributed by atoms with E-state index in [9.17, 15) is 4.79 Å². The molecule has 0 unspecified atom stereocenters. The average molecular weight is 246 g/mol. The highest BCUT2D eigenvalue weighted by molar-refractivity contribution is 5.99. The number of fused-ring (bicyclic) bond motifs is 1. The molecule has 1 saturated heterocycles. The van der Waals surface area contributed by atoms with Gasteiger partial charge in [0.15, 0.2) is 5.65 Å². The minimum Gasteiger partial charge on any atom is -0.380 e. The normalized spacial score (nSPS) is 16.8. The molecule has 18 heavy (non-hydrogen) atoms. The lowest BCUT2D eigenvalue weighted by molar-refractivity contribution is 0.0743. The summed E-state index contributed by atoms with van der Waals surface area (Å²) < 4.78 is 6.96. The Morgan fingerprint density at radius 2 is 2.28 bits per heavy atom. The van der Waals surface area contributed by atoms with Crippen molar-refractivity contribution in [1.29, 1.82) is 0 Å². The maximum absolute atomic E-state index is 12.4. The second-order valence-electron chi connectivity index (χ2n) is 4.20. The van der Waals surface area contributed by atoms with Gasteiger partial charge in [0.25, 0.3) is 5.91 Å². The highest BCUT2D eigenvalue weighted by Crippen LogP contribution is 2.12. The number of ether oxygens (including phenoxy) is 1. The van der Waals surface area contributed by atoms with Gasteiger partial charge < -0.3 is 9.64 Å². The molecule has 6 heteroatoms. The van der Waals surface area contributed by atoms with Crippen molar-refractivity contribution in [2.75, 3.05) is 26.3 Å². The molecule has 1 amide bonds. The quantitative estimate of drug-likeness (QED) is 0.739. The van der Waals surface area contributed by atoms with E-state index in [-0.39, 0.29) is 5.91 Å². The SMILES string of the molecule is O=C(c1cnn2cccnc12)N1CCCOCC1. The Hall–Kier alpha value is -1.95. The number of hydrogen-bond acceptors (Lipinski definition) is 4. The number of carbonyl (C=O) groups excluding carboxylic acids is 1. The summed E-state index contributed by atoms with van der Waals surface area (Å²) in [5, 5.41) is 4.13. The molecule has 2 aromatic heterocycles. The van der Waals surface area contributed by atoms with Crippen molar-refractivity contribution in [1.82, 2.24) is 19.5 Å². The van der Waals surface area contributed by atoms with Crippen LogP contribution in [0.5, 0.6) is 0 Å². The van der Waals surface area contributed by atoms with Crippen LogP contribution in [0.3, 0.4) is 0 Å². The minimum atomic E-state index is -0.0193. The first-order valence-electron chi connectivity index (χ1n) is 6.01. The van der Waals surface area contributed by atoms with Crippen molar-refractivity contribution in [3.05, 3.63) is 30.2 Å². The lowest BCUT2D eigenvalue weighted by atomic mass is 10.2. The van der Waals surface area contributed by atoms with Crippen molar-refractivity contribution in [2.45, 2.75) is 6.42 Å². The van der Waals surface area contributed by atoms with Crippen LogP contribution in [0.15, 0.2) is 24.7 Å². The fourth-order valence-electron chi connectivity index (χ4n) is 2.10. The van der Waals surface area contributed by atoms with Crippen molar-refractivity contribution in [2.24, 2.45) is 0 Å². The maximum Gasteiger partial charge on any atom is 0.259 e. The van der Waals surface area contributed by atoms with Crippen molar-refractivity contribution < 1.29 is 9.53 Å². The molecule has 0 bridgehead atoms. The zero-order chi connectivity index (χ0) is 12.4. The molecule has 6 nitrogen and oxygen atoms in total. The third-order valence-corrected chi connectivity index (χ3v) is 3.02. The first kappa shape index (κ1) is 11.2. The predicted molar refractivity (Wildman–Crippen MR) is 64.3 cm³/mol. The fourth-order valence-corrected chi connectivity index (χ4v) is 2.10. The number of amides is 1. The molecule has 1 aliphatic rings. The largest absolute Gasteiger partial charge is 0.380 e. The number of hydrogen-bond donors (Lipinski definition) is 0. The van der Waals surface area contributed by atoms with Gasteiger partial charge in [-0.05, 0) is 12.5 Å². The number of carbonyl (C=O) groups is 1. The number of nitrogens with zero attached hydrogens (tertiary/aromatic N) is 4. The van der Waals surface area contributed by atoms with Gasteiger partial charge in [0, 0.05) is 32.1 Å². The summed E-state index contributed by atoms with van der Waals surface area (Å²) in [5.41, 5.74) is 1.16. The maximum atomic E-state index is 12.4. The Balaban J connectivity index is 1.91. The Labute approximate surface area is 104 Å². The molecule has 1 fully saturated rings. The van der Waals surface area contributed by atoms with Gasteiger partial charge in [0.05, 0.1) is 12.8 Å². The van der Waals surface area contributed by atoms with E-state index in [0.29, 0.717) is 24.4 Å². The third-order valence-electron chi connectivity index (χ3n) is 3.02. The van der Waals surface area contributed by atoms with Crippen LogP contribution in [-0.2, 0) is 4.74 Å². The van der Waals surface area contributed by atoms with E-state index >= 15 is 0 Å². The number of rotatable bonds is 1. The van der Waals surface area contributed by atoms with Gasteiger partial charge >= 0.3 is 0 Å². The molecule has 0 aliphatic carbocycles. The van der Waals surface area contributed by atoms with Gasteiger partial charge in [-0.1, -0.05) is 0 Å². The first-order chi connectivity index (χ1) is 8.86. The van der Waals surface area contributed by atoms with Crippen LogP contribution in [0, 0.1) is 0 Å². The van der Waals surface area contributed by atoms with Gasteiger partial charge in [-0.2, -0.15) is 5.10 Å². The van der Waals surface area contributed by atoms with E-state index < -0.39 is 0 Å². The molecular formula is C12H14N4O2. The van der Waals surface area contributed by atoms with Crippen LogP contribution in [0.25, 0.3) is 5.65 Å². The van der Waals surface area contributed by atoms with Crippen LogP contribution in [0.1, 0.15) is 16.8 Å². The lowest BCUT2D eigenvalue weighted by Gasteiger charge is -2.18. The van der Waals surface area contributed by atoms with Gasteiger partial charge in [0.2, 0.25) is 0 Å². The molecule has 0 atom stereocenters. The standard InChI is InChI=1S/C12H14N4O2/c17-12(15-4-2-7-18-8-6-15)10-9-14-16-5-1-3-13-11(10)16/h1,3,5,9H,2,4,6-8H2. The zero-order valence-corrected chi connectivity index (χ0v) is 9.95. The molecule has 0 N–H and O–H groups in total. The van der Waals surface area contributed by atoms with E-state index in [1.165, 1.54) is 0 Å². The van der Waals surface area contributed by atoms with Crippen molar-refractivity contribution in [3.8, 4) is 0 Å². The molecule has 94 valence electrons. The van der Waals surface area contributed by atoms with Crippen LogP contribution in [-0.4, -0.2) is 51.7 Å². The van der Waals surface area contributed by atoms with E-state index in [2.05, 4.69) is 10.1 Å². The Morgan fingerprint density at radius 3 is 3.22 bits per heavy atom. The summed E-state index contributed by atoms with van der Waals surface area (Å²) in [7, 11) is 0. The second-order valence-corrected chi connectivity index (χ2v) is 4.20. The summed E-state index contributed by atoms with van der Waals surface area (Å²) in [6, 6.07) is 1.79. The Kier molecular flexibility index (Phi) is 2.93.